The monoisotopic (exact) mass is 222 g/mol. The van der Waals surface area contributed by atoms with Crippen molar-refractivity contribution in [1.82, 2.24) is 0 Å². The van der Waals surface area contributed by atoms with Crippen molar-refractivity contribution in [2.24, 2.45) is 0 Å². The van der Waals surface area contributed by atoms with E-state index in [0.29, 0.717) is 5.56 Å². The molecule has 0 unspecified atom stereocenters. The van der Waals surface area contributed by atoms with Gasteiger partial charge in [0.25, 0.3) is 0 Å². The summed E-state index contributed by atoms with van der Waals surface area (Å²) in [6.07, 6.45) is 0.127. The molecule has 0 amide bonds. The number of benzene rings is 1. The molecule has 88 valence electrons. The van der Waals surface area contributed by atoms with Gasteiger partial charge in [0.1, 0.15) is 5.75 Å². The Balaban J connectivity index is 3.13. The fourth-order valence-corrected chi connectivity index (χ4v) is 1.51. The van der Waals surface area contributed by atoms with E-state index >= 15 is 0 Å². The fourth-order valence-electron chi connectivity index (χ4n) is 1.51. The number of esters is 1. The molecule has 3 heteroatoms. The van der Waals surface area contributed by atoms with E-state index in [1.165, 1.54) is 7.11 Å². The second-order valence-electron chi connectivity index (χ2n) is 4.02. The topological polar surface area (TPSA) is 35.5 Å². The molecule has 1 rings (SSSR count). The van der Waals surface area contributed by atoms with E-state index in [4.69, 9.17) is 9.47 Å². The summed E-state index contributed by atoms with van der Waals surface area (Å²) in [5, 5.41) is 0. The quantitative estimate of drug-likeness (QED) is 0.738. The minimum atomic E-state index is -0.309. The van der Waals surface area contributed by atoms with Crippen molar-refractivity contribution in [3.63, 3.8) is 0 Å². The van der Waals surface area contributed by atoms with Gasteiger partial charge < -0.3 is 9.47 Å². The lowest BCUT2D eigenvalue weighted by Crippen LogP contribution is -2.10. The molecule has 0 atom stereocenters. The minimum absolute atomic E-state index is 0.127. The van der Waals surface area contributed by atoms with Crippen molar-refractivity contribution in [2.75, 3.05) is 7.11 Å². The van der Waals surface area contributed by atoms with Crippen LogP contribution in [0.5, 0.6) is 5.75 Å². The Kier molecular flexibility index (Phi) is 3.93. The number of ether oxygens (including phenoxy) is 2. The molecule has 0 aliphatic rings. The van der Waals surface area contributed by atoms with E-state index in [9.17, 15) is 4.79 Å². The van der Waals surface area contributed by atoms with Crippen LogP contribution in [0, 0.1) is 13.8 Å². The predicted octanol–water partition coefficient (Wildman–Crippen LogP) is 2.88. The van der Waals surface area contributed by atoms with Crippen LogP contribution < -0.4 is 4.74 Å². The summed E-state index contributed by atoms with van der Waals surface area (Å²) in [5.41, 5.74) is 2.48. The molecule has 0 radical (unpaired) electrons. The highest BCUT2D eigenvalue weighted by molar-refractivity contribution is 5.91. The van der Waals surface area contributed by atoms with Gasteiger partial charge in [-0.2, -0.15) is 0 Å². The Morgan fingerprint density at radius 2 is 1.81 bits per heavy atom. The van der Waals surface area contributed by atoms with Gasteiger partial charge >= 0.3 is 5.97 Å². The lowest BCUT2D eigenvalue weighted by atomic mass is 10.0. The number of rotatable bonds is 3. The second kappa shape index (κ2) is 5.01. The largest absolute Gasteiger partial charge is 0.491 e. The first-order chi connectivity index (χ1) is 7.47. The highest BCUT2D eigenvalue weighted by atomic mass is 16.5. The highest BCUT2D eigenvalue weighted by Crippen LogP contribution is 2.25. The Morgan fingerprint density at radius 3 is 2.31 bits per heavy atom. The molecule has 0 fully saturated rings. The summed E-state index contributed by atoms with van der Waals surface area (Å²) in [5.74, 6) is 0.511. The van der Waals surface area contributed by atoms with Crippen molar-refractivity contribution in [2.45, 2.75) is 33.8 Å². The van der Waals surface area contributed by atoms with Crippen molar-refractivity contribution in [1.29, 1.82) is 0 Å². The number of carbonyl (C=O) groups excluding carboxylic acids is 1. The molecule has 3 nitrogen and oxygen atoms in total. The summed E-state index contributed by atoms with van der Waals surface area (Å²) in [6.45, 7) is 7.79. The molecular weight excluding hydrogens is 204 g/mol. The zero-order valence-corrected chi connectivity index (χ0v) is 10.5. The SMILES string of the molecule is COC(=O)c1ccc(OC(C)C)c(C)c1C. The van der Waals surface area contributed by atoms with Gasteiger partial charge in [-0.15, -0.1) is 0 Å². The van der Waals surface area contributed by atoms with Crippen LogP contribution >= 0.6 is 0 Å². The van der Waals surface area contributed by atoms with Crippen molar-refractivity contribution in [3.05, 3.63) is 28.8 Å². The van der Waals surface area contributed by atoms with Gasteiger partial charge in [0.2, 0.25) is 0 Å². The molecule has 0 aliphatic carbocycles. The van der Waals surface area contributed by atoms with Crippen LogP contribution in [0.3, 0.4) is 0 Å². The smallest absolute Gasteiger partial charge is 0.338 e. The fraction of sp³-hybridized carbons (Fsp3) is 0.462. The molecule has 0 heterocycles. The molecule has 0 aliphatic heterocycles. The third kappa shape index (κ3) is 2.54. The van der Waals surface area contributed by atoms with E-state index in [2.05, 4.69) is 0 Å². The number of hydrogen-bond acceptors (Lipinski definition) is 3. The van der Waals surface area contributed by atoms with Crippen molar-refractivity contribution >= 4 is 5.97 Å². The normalized spacial score (nSPS) is 10.4. The third-order valence-electron chi connectivity index (χ3n) is 2.51. The average Bonchev–Trinajstić information content (AvgIpc) is 2.23. The first kappa shape index (κ1) is 12.6. The van der Waals surface area contributed by atoms with Crippen molar-refractivity contribution < 1.29 is 14.3 Å². The van der Waals surface area contributed by atoms with Crippen LogP contribution in [0.4, 0.5) is 0 Å². The van der Waals surface area contributed by atoms with E-state index in [0.717, 1.165) is 16.9 Å². The van der Waals surface area contributed by atoms with Crippen LogP contribution in [0.1, 0.15) is 35.3 Å². The Bertz CT molecular complexity index is 394. The molecular formula is C13H18O3. The minimum Gasteiger partial charge on any atom is -0.491 e. The van der Waals surface area contributed by atoms with Gasteiger partial charge in [-0.25, -0.2) is 4.79 Å². The summed E-state index contributed by atoms with van der Waals surface area (Å²) in [6, 6.07) is 3.56. The van der Waals surface area contributed by atoms with Crippen LogP contribution in [0.15, 0.2) is 12.1 Å². The lowest BCUT2D eigenvalue weighted by molar-refractivity contribution is 0.0599. The van der Waals surface area contributed by atoms with Gasteiger partial charge in [0.15, 0.2) is 0 Å². The molecule has 1 aromatic rings. The second-order valence-corrected chi connectivity index (χ2v) is 4.02. The van der Waals surface area contributed by atoms with Crippen LogP contribution in [-0.4, -0.2) is 19.2 Å². The molecule has 0 N–H and O–H groups in total. The van der Waals surface area contributed by atoms with Crippen LogP contribution in [-0.2, 0) is 4.74 Å². The van der Waals surface area contributed by atoms with E-state index in [1.807, 2.05) is 33.8 Å². The van der Waals surface area contributed by atoms with E-state index < -0.39 is 0 Å². The molecule has 0 saturated heterocycles. The van der Waals surface area contributed by atoms with Gasteiger partial charge in [0.05, 0.1) is 18.8 Å². The zero-order chi connectivity index (χ0) is 12.3. The third-order valence-corrected chi connectivity index (χ3v) is 2.51. The zero-order valence-electron chi connectivity index (χ0n) is 10.5. The maximum Gasteiger partial charge on any atom is 0.338 e. The summed E-state index contributed by atoms with van der Waals surface area (Å²) < 4.78 is 10.4. The molecule has 16 heavy (non-hydrogen) atoms. The van der Waals surface area contributed by atoms with E-state index in [1.54, 1.807) is 6.07 Å². The first-order valence-corrected chi connectivity index (χ1v) is 5.32. The van der Waals surface area contributed by atoms with Gasteiger partial charge in [-0.1, -0.05) is 0 Å². The molecule has 1 aromatic carbocycles. The maximum atomic E-state index is 11.5. The lowest BCUT2D eigenvalue weighted by Gasteiger charge is -2.15. The number of carbonyl (C=O) groups is 1. The van der Waals surface area contributed by atoms with Gasteiger partial charge in [-0.05, 0) is 51.0 Å². The van der Waals surface area contributed by atoms with E-state index in [-0.39, 0.29) is 12.1 Å². The summed E-state index contributed by atoms with van der Waals surface area (Å²) in [7, 11) is 1.38. The first-order valence-electron chi connectivity index (χ1n) is 5.32. The van der Waals surface area contributed by atoms with Crippen LogP contribution in [0.25, 0.3) is 0 Å². The average molecular weight is 222 g/mol. The Morgan fingerprint density at radius 1 is 1.19 bits per heavy atom. The van der Waals surface area contributed by atoms with Gasteiger partial charge in [-0.3, -0.25) is 0 Å². The maximum absolute atomic E-state index is 11.5. The summed E-state index contributed by atoms with van der Waals surface area (Å²) in [4.78, 5) is 11.5. The number of hydrogen-bond donors (Lipinski definition) is 0. The standard InChI is InChI=1S/C13H18O3/c1-8(2)16-12-7-6-11(13(14)15-5)9(3)10(12)4/h6-8H,1-5H3. The summed E-state index contributed by atoms with van der Waals surface area (Å²) >= 11 is 0. The number of methoxy groups -OCH3 is 1. The predicted molar refractivity (Wildman–Crippen MR) is 63.0 cm³/mol. The Labute approximate surface area is 96.4 Å². The molecule has 0 bridgehead atoms. The highest BCUT2D eigenvalue weighted by Gasteiger charge is 2.14. The van der Waals surface area contributed by atoms with Crippen molar-refractivity contribution in [3.8, 4) is 5.75 Å². The van der Waals surface area contributed by atoms with Gasteiger partial charge in [0, 0.05) is 0 Å². The Hall–Kier alpha value is -1.51. The molecule has 0 aromatic heterocycles. The molecule has 0 spiro atoms. The van der Waals surface area contributed by atoms with Crippen LogP contribution in [0.2, 0.25) is 0 Å². The molecule has 0 saturated carbocycles.